The molecule has 1 aromatic carbocycles. The number of nitrogens with one attached hydrogen (secondary N) is 2. The molecule has 1 atom stereocenters. The number of hydrogen-bond acceptors (Lipinski definition) is 5. The minimum atomic E-state index is -0.0134. The van der Waals surface area contributed by atoms with Crippen LogP contribution < -0.4 is 15.4 Å². The number of amides is 1. The van der Waals surface area contributed by atoms with E-state index < -0.39 is 0 Å². The molecule has 2 N–H and O–H groups in total. The van der Waals surface area contributed by atoms with Crippen LogP contribution in [0.1, 0.15) is 11.6 Å². The number of nitrogens with zero attached hydrogens (tertiary/aromatic N) is 1. The van der Waals surface area contributed by atoms with Gasteiger partial charge in [-0.2, -0.15) is 0 Å². The van der Waals surface area contributed by atoms with Crippen LogP contribution in [0, 0.1) is 0 Å². The van der Waals surface area contributed by atoms with E-state index in [1.807, 2.05) is 29.2 Å². The van der Waals surface area contributed by atoms with E-state index in [0.717, 1.165) is 37.5 Å². The van der Waals surface area contributed by atoms with Crippen molar-refractivity contribution >= 4 is 30.7 Å². The summed E-state index contributed by atoms with van der Waals surface area (Å²) in [6, 6.07) is 7.86. The molecule has 0 bridgehead atoms. The highest BCUT2D eigenvalue weighted by atomic mass is 35.5. The van der Waals surface area contributed by atoms with Gasteiger partial charge >= 0.3 is 0 Å². The molecule has 8 heteroatoms. The number of rotatable bonds is 5. The van der Waals surface area contributed by atoms with Gasteiger partial charge in [-0.25, -0.2) is 0 Å². The van der Waals surface area contributed by atoms with E-state index in [1.54, 1.807) is 7.11 Å². The molecule has 0 spiro atoms. The van der Waals surface area contributed by atoms with Crippen LogP contribution in [0.3, 0.4) is 0 Å². The summed E-state index contributed by atoms with van der Waals surface area (Å²) in [5.74, 6) is 0.863. The van der Waals surface area contributed by atoms with Gasteiger partial charge in [-0.15, -0.1) is 24.8 Å². The van der Waals surface area contributed by atoms with E-state index in [9.17, 15) is 4.79 Å². The predicted molar refractivity (Wildman–Crippen MR) is 97.4 cm³/mol. The molecular formula is C16H25Cl2N3O3. The van der Waals surface area contributed by atoms with Crippen molar-refractivity contribution in [2.24, 2.45) is 0 Å². The lowest BCUT2D eigenvalue weighted by Gasteiger charge is -2.37. The van der Waals surface area contributed by atoms with Crippen molar-refractivity contribution in [3.8, 4) is 5.75 Å². The molecule has 3 rings (SSSR count). The molecule has 2 aliphatic rings. The molecule has 1 aromatic rings. The highest BCUT2D eigenvalue weighted by Gasteiger charge is 2.30. The molecule has 6 nitrogen and oxygen atoms in total. The van der Waals surface area contributed by atoms with Crippen molar-refractivity contribution in [1.82, 2.24) is 15.5 Å². The van der Waals surface area contributed by atoms with E-state index in [-0.39, 0.29) is 49.5 Å². The second kappa shape index (κ2) is 10.1. The van der Waals surface area contributed by atoms with Crippen LogP contribution in [-0.2, 0) is 9.53 Å². The molecule has 0 aliphatic carbocycles. The molecule has 1 unspecified atom stereocenters. The maximum Gasteiger partial charge on any atom is 0.249 e. The van der Waals surface area contributed by atoms with Gasteiger partial charge in [0.25, 0.3) is 0 Å². The minimum absolute atomic E-state index is 0. The first-order valence-corrected chi connectivity index (χ1v) is 7.75. The smallest absolute Gasteiger partial charge is 0.249 e. The standard InChI is InChI=1S/C16H23N3O3.2ClH/c1-21-15-5-3-2-4-13(15)14-10-17-6-7-19(14)16(20)11-22-12-8-18-9-12;;/h2-5,12,14,17-18H,6-11H2,1H3;2*1H. The lowest BCUT2D eigenvalue weighted by molar-refractivity contribution is -0.142. The normalized spacial score (nSPS) is 20.4. The third-order valence-electron chi connectivity index (χ3n) is 4.25. The van der Waals surface area contributed by atoms with Gasteiger partial charge in [0.2, 0.25) is 5.91 Å². The highest BCUT2D eigenvalue weighted by molar-refractivity contribution is 5.85. The summed E-state index contributed by atoms with van der Waals surface area (Å²) in [6.07, 6.45) is 0.177. The number of para-hydroxylation sites is 1. The van der Waals surface area contributed by atoms with E-state index in [1.165, 1.54) is 0 Å². The van der Waals surface area contributed by atoms with Gasteiger partial charge in [0.1, 0.15) is 12.4 Å². The minimum Gasteiger partial charge on any atom is -0.496 e. The van der Waals surface area contributed by atoms with Crippen molar-refractivity contribution in [2.45, 2.75) is 12.1 Å². The first kappa shape index (κ1) is 21.0. The summed E-state index contributed by atoms with van der Waals surface area (Å²) in [7, 11) is 1.66. The van der Waals surface area contributed by atoms with Gasteiger partial charge in [0.05, 0.1) is 19.3 Å². The molecule has 2 aliphatic heterocycles. The number of piperazine rings is 1. The fourth-order valence-electron chi connectivity index (χ4n) is 2.87. The van der Waals surface area contributed by atoms with Crippen LogP contribution in [0.5, 0.6) is 5.75 Å². The lowest BCUT2D eigenvalue weighted by atomic mass is 10.0. The number of carbonyl (C=O) groups excluding carboxylic acids is 1. The van der Waals surface area contributed by atoms with E-state index >= 15 is 0 Å². The summed E-state index contributed by atoms with van der Waals surface area (Å²) in [6.45, 7) is 4.06. The second-order valence-electron chi connectivity index (χ2n) is 5.64. The Morgan fingerprint density at radius 2 is 1.96 bits per heavy atom. The molecule has 2 fully saturated rings. The highest BCUT2D eigenvalue weighted by Crippen LogP contribution is 2.30. The topological polar surface area (TPSA) is 62.8 Å². The first-order chi connectivity index (χ1) is 10.8. The molecule has 0 radical (unpaired) electrons. The van der Waals surface area contributed by atoms with Crippen molar-refractivity contribution in [2.75, 3.05) is 46.4 Å². The van der Waals surface area contributed by atoms with Crippen LogP contribution in [0.25, 0.3) is 0 Å². The second-order valence-corrected chi connectivity index (χ2v) is 5.64. The van der Waals surface area contributed by atoms with Gasteiger partial charge in [-0.05, 0) is 6.07 Å². The van der Waals surface area contributed by atoms with Gasteiger partial charge in [-0.1, -0.05) is 18.2 Å². The molecular weight excluding hydrogens is 353 g/mol. The summed E-state index contributed by atoms with van der Waals surface area (Å²) >= 11 is 0. The molecule has 2 saturated heterocycles. The fourth-order valence-corrected chi connectivity index (χ4v) is 2.87. The van der Waals surface area contributed by atoms with Crippen molar-refractivity contribution < 1.29 is 14.3 Å². The molecule has 2 heterocycles. The summed E-state index contributed by atoms with van der Waals surface area (Å²) in [4.78, 5) is 14.4. The Hall–Kier alpha value is -1.05. The Kier molecular flexibility index (Phi) is 8.80. The summed E-state index contributed by atoms with van der Waals surface area (Å²) < 4.78 is 11.1. The number of hydrogen-bond donors (Lipinski definition) is 2. The van der Waals surface area contributed by atoms with E-state index in [0.29, 0.717) is 6.54 Å². The molecule has 136 valence electrons. The van der Waals surface area contributed by atoms with E-state index in [4.69, 9.17) is 9.47 Å². The monoisotopic (exact) mass is 377 g/mol. The summed E-state index contributed by atoms with van der Waals surface area (Å²) in [5.41, 5.74) is 1.04. The zero-order valence-electron chi connectivity index (χ0n) is 13.7. The third-order valence-corrected chi connectivity index (χ3v) is 4.25. The molecule has 1 amide bonds. The number of ether oxygens (including phenoxy) is 2. The zero-order chi connectivity index (χ0) is 15.4. The molecule has 24 heavy (non-hydrogen) atoms. The molecule has 0 aromatic heterocycles. The van der Waals surface area contributed by atoms with E-state index in [2.05, 4.69) is 10.6 Å². The number of halogens is 2. The Bertz CT molecular complexity index is 529. The largest absolute Gasteiger partial charge is 0.496 e. The lowest BCUT2D eigenvalue weighted by Crippen LogP contribution is -2.52. The van der Waals surface area contributed by atoms with Crippen molar-refractivity contribution in [1.29, 1.82) is 0 Å². The van der Waals surface area contributed by atoms with Gasteiger partial charge in [0, 0.05) is 38.3 Å². The van der Waals surface area contributed by atoms with Crippen LogP contribution in [0.15, 0.2) is 24.3 Å². The van der Waals surface area contributed by atoms with Crippen LogP contribution in [-0.4, -0.2) is 63.4 Å². The van der Waals surface area contributed by atoms with Gasteiger partial charge < -0.3 is 25.0 Å². The Balaban J connectivity index is 0.00000144. The SMILES string of the molecule is COc1ccccc1C1CNCCN1C(=O)COC1CNC1.Cl.Cl. The maximum absolute atomic E-state index is 12.5. The van der Waals surface area contributed by atoms with Gasteiger partial charge in [0.15, 0.2) is 0 Å². The number of carbonyl (C=O) groups is 1. The van der Waals surface area contributed by atoms with Crippen LogP contribution >= 0.6 is 24.8 Å². The third kappa shape index (κ3) is 4.74. The summed E-state index contributed by atoms with van der Waals surface area (Å²) in [5, 5.41) is 6.49. The Morgan fingerprint density at radius 1 is 1.21 bits per heavy atom. The van der Waals surface area contributed by atoms with Crippen molar-refractivity contribution in [3.63, 3.8) is 0 Å². The average molecular weight is 378 g/mol. The Labute approximate surface area is 155 Å². The number of methoxy groups -OCH3 is 1. The quantitative estimate of drug-likeness (QED) is 0.801. The predicted octanol–water partition coefficient (Wildman–Crippen LogP) is 1.00. The zero-order valence-corrected chi connectivity index (χ0v) is 15.3. The van der Waals surface area contributed by atoms with Crippen LogP contribution in [0.2, 0.25) is 0 Å². The fraction of sp³-hybridized carbons (Fsp3) is 0.562. The molecule has 0 saturated carbocycles. The maximum atomic E-state index is 12.5. The first-order valence-electron chi connectivity index (χ1n) is 7.75. The average Bonchev–Trinajstić information content (AvgIpc) is 2.53. The Morgan fingerprint density at radius 3 is 2.62 bits per heavy atom. The number of benzene rings is 1. The van der Waals surface area contributed by atoms with Gasteiger partial charge in [-0.3, -0.25) is 4.79 Å². The van der Waals surface area contributed by atoms with Crippen molar-refractivity contribution in [3.05, 3.63) is 29.8 Å². The van der Waals surface area contributed by atoms with Crippen LogP contribution in [0.4, 0.5) is 0 Å².